The number of nitrogens with one attached hydrogen (secondary N) is 1. The summed E-state index contributed by atoms with van der Waals surface area (Å²) in [5.74, 6) is -1.19. The standard InChI is InChI=1S/C10H17NO3/c1-9(2)5-6(9)7(12)11-10(3,4)8(13)14/h6H,5H2,1-4H3,(H,11,12)(H,13,14). The van der Waals surface area contributed by atoms with Gasteiger partial charge in [0.25, 0.3) is 0 Å². The second-order valence-corrected chi connectivity index (χ2v) is 5.16. The van der Waals surface area contributed by atoms with Gasteiger partial charge in [-0.2, -0.15) is 0 Å². The van der Waals surface area contributed by atoms with Crippen molar-refractivity contribution in [1.29, 1.82) is 0 Å². The summed E-state index contributed by atoms with van der Waals surface area (Å²) in [5.41, 5.74) is -1.13. The maximum Gasteiger partial charge on any atom is 0.328 e. The zero-order valence-corrected chi connectivity index (χ0v) is 9.05. The summed E-state index contributed by atoms with van der Waals surface area (Å²) in [5, 5.41) is 11.3. The van der Waals surface area contributed by atoms with Crippen LogP contribution in [-0.4, -0.2) is 22.5 Å². The maximum atomic E-state index is 11.6. The Hall–Kier alpha value is -1.06. The second kappa shape index (κ2) is 2.97. The molecule has 2 N–H and O–H groups in total. The Morgan fingerprint density at radius 1 is 1.43 bits per heavy atom. The predicted octanol–water partition coefficient (Wildman–Crippen LogP) is 1.01. The van der Waals surface area contributed by atoms with Gasteiger partial charge in [-0.3, -0.25) is 4.79 Å². The van der Waals surface area contributed by atoms with E-state index in [1.165, 1.54) is 13.8 Å². The molecule has 4 nitrogen and oxygen atoms in total. The molecule has 1 atom stereocenters. The third-order valence-corrected chi connectivity index (χ3v) is 2.80. The number of amides is 1. The summed E-state index contributed by atoms with van der Waals surface area (Å²) >= 11 is 0. The minimum Gasteiger partial charge on any atom is -0.480 e. The lowest BCUT2D eigenvalue weighted by Crippen LogP contribution is -2.50. The summed E-state index contributed by atoms with van der Waals surface area (Å²) in [7, 11) is 0. The first-order valence-corrected chi connectivity index (χ1v) is 4.72. The molecule has 1 unspecified atom stereocenters. The highest BCUT2D eigenvalue weighted by Gasteiger charge is 2.51. The molecule has 1 fully saturated rings. The molecule has 1 aliphatic carbocycles. The van der Waals surface area contributed by atoms with E-state index in [1.54, 1.807) is 0 Å². The van der Waals surface area contributed by atoms with Gasteiger partial charge in [0, 0.05) is 5.92 Å². The van der Waals surface area contributed by atoms with E-state index < -0.39 is 11.5 Å². The zero-order valence-electron chi connectivity index (χ0n) is 9.05. The van der Waals surface area contributed by atoms with Crippen LogP contribution in [0.25, 0.3) is 0 Å². The minimum absolute atomic E-state index is 0.0267. The van der Waals surface area contributed by atoms with Crippen molar-refractivity contribution in [2.75, 3.05) is 0 Å². The molecule has 4 heteroatoms. The number of carboxylic acid groups (broad SMARTS) is 1. The van der Waals surface area contributed by atoms with Gasteiger partial charge in [0.05, 0.1) is 0 Å². The number of carbonyl (C=O) groups excluding carboxylic acids is 1. The molecule has 80 valence electrons. The molecule has 0 spiro atoms. The van der Waals surface area contributed by atoms with Crippen LogP contribution in [0.2, 0.25) is 0 Å². The average molecular weight is 199 g/mol. The van der Waals surface area contributed by atoms with E-state index in [0.717, 1.165) is 6.42 Å². The summed E-state index contributed by atoms with van der Waals surface area (Å²) in [4.78, 5) is 22.3. The molecule has 14 heavy (non-hydrogen) atoms. The fourth-order valence-corrected chi connectivity index (χ4v) is 1.36. The first kappa shape index (κ1) is 11.0. The van der Waals surface area contributed by atoms with E-state index >= 15 is 0 Å². The number of hydrogen-bond acceptors (Lipinski definition) is 2. The molecule has 1 aliphatic rings. The van der Waals surface area contributed by atoms with Crippen LogP contribution < -0.4 is 5.32 Å². The molecule has 0 aromatic rings. The lowest BCUT2D eigenvalue weighted by molar-refractivity contribution is -0.146. The highest BCUT2D eigenvalue weighted by molar-refractivity contribution is 5.89. The molecule has 1 saturated carbocycles. The molecule has 0 heterocycles. The first-order chi connectivity index (χ1) is 6.17. The van der Waals surface area contributed by atoms with Crippen molar-refractivity contribution in [2.45, 2.75) is 39.7 Å². The van der Waals surface area contributed by atoms with Crippen molar-refractivity contribution in [3.63, 3.8) is 0 Å². The third-order valence-electron chi connectivity index (χ3n) is 2.80. The van der Waals surface area contributed by atoms with Gasteiger partial charge in [0.2, 0.25) is 5.91 Å². The fraction of sp³-hybridized carbons (Fsp3) is 0.800. The largest absolute Gasteiger partial charge is 0.480 e. The monoisotopic (exact) mass is 199 g/mol. The van der Waals surface area contributed by atoms with Crippen molar-refractivity contribution >= 4 is 11.9 Å². The Bertz CT molecular complexity index is 281. The van der Waals surface area contributed by atoms with E-state index in [-0.39, 0.29) is 17.2 Å². The van der Waals surface area contributed by atoms with Gasteiger partial charge in [-0.15, -0.1) is 0 Å². The van der Waals surface area contributed by atoms with Crippen LogP contribution >= 0.6 is 0 Å². The molecule has 0 bridgehead atoms. The zero-order chi connectivity index (χ0) is 11.1. The van der Waals surface area contributed by atoms with Crippen LogP contribution in [0.1, 0.15) is 34.1 Å². The Balaban J connectivity index is 2.54. The molecule has 0 aliphatic heterocycles. The number of carbonyl (C=O) groups is 2. The highest BCUT2D eigenvalue weighted by atomic mass is 16.4. The number of carboxylic acids is 1. The van der Waals surface area contributed by atoms with Crippen LogP contribution in [0.4, 0.5) is 0 Å². The van der Waals surface area contributed by atoms with Crippen molar-refractivity contribution in [1.82, 2.24) is 5.32 Å². The maximum absolute atomic E-state index is 11.6. The molecule has 0 radical (unpaired) electrons. The van der Waals surface area contributed by atoms with E-state index in [1.807, 2.05) is 13.8 Å². The highest BCUT2D eigenvalue weighted by Crippen LogP contribution is 2.51. The van der Waals surface area contributed by atoms with Gasteiger partial charge in [-0.25, -0.2) is 4.79 Å². The molecule has 1 rings (SSSR count). The minimum atomic E-state index is -1.17. The van der Waals surface area contributed by atoms with Gasteiger partial charge in [-0.05, 0) is 25.7 Å². The topological polar surface area (TPSA) is 66.4 Å². The van der Waals surface area contributed by atoms with Crippen LogP contribution in [0, 0.1) is 11.3 Å². The lowest BCUT2D eigenvalue weighted by atomic mass is 10.0. The smallest absolute Gasteiger partial charge is 0.328 e. The predicted molar refractivity (Wildman–Crippen MR) is 51.7 cm³/mol. The first-order valence-electron chi connectivity index (χ1n) is 4.72. The van der Waals surface area contributed by atoms with E-state index in [4.69, 9.17) is 5.11 Å². The number of rotatable bonds is 3. The summed E-state index contributed by atoms with van der Waals surface area (Å²) < 4.78 is 0. The molecule has 0 saturated heterocycles. The normalized spacial score (nSPS) is 24.1. The van der Waals surface area contributed by atoms with E-state index in [9.17, 15) is 9.59 Å². The molecular weight excluding hydrogens is 182 g/mol. The van der Waals surface area contributed by atoms with Crippen LogP contribution in [0.15, 0.2) is 0 Å². The van der Waals surface area contributed by atoms with Gasteiger partial charge in [0.1, 0.15) is 5.54 Å². The van der Waals surface area contributed by atoms with Crippen molar-refractivity contribution in [3.8, 4) is 0 Å². The van der Waals surface area contributed by atoms with Gasteiger partial charge in [0.15, 0.2) is 0 Å². The van der Waals surface area contributed by atoms with Crippen molar-refractivity contribution in [3.05, 3.63) is 0 Å². The molecule has 0 aromatic heterocycles. The lowest BCUT2D eigenvalue weighted by Gasteiger charge is -2.21. The van der Waals surface area contributed by atoms with Gasteiger partial charge < -0.3 is 10.4 Å². The molecule has 0 aromatic carbocycles. The van der Waals surface area contributed by atoms with Crippen molar-refractivity contribution < 1.29 is 14.7 Å². The van der Waals surface area contributed by atoms with Crippen molar-refractivity contribution in [2.24, 2.45) is 11.3 Å². The molecular formula is C10H17NO3. The van der Waals surface area contributed by atoms with Crippen LogP contribution in [-0.2, 0) is 9.59 Å². The van der Waals surface area contributed by atoms with E-state index in [0.29, 0.717) is 0 Å². The summed E-state index contributed by atoms with van der Waals surface area (Å²) in [6.07, 6.45) is 0.842. The van der Waals surface area contributed by atoms with Crippen LogP contribution in [0.3, 0.4) is 0 Å². The number of hydrogen-bond donors (Lipinski definition) is 2. The number of aliphatic carboxylic acids is 1. The fourth-order valence-electron chi connectivity index (χ4n) is 1.36. The summed E-state index contributed by atoms with van der Waals surface area (Å²) in [6.45, 7) is 6.99. The Labute approximate surface area is 83.7 Å². The van der Waals surface area contributed by atoms with Gasteiger partial charge >= 0.3 is 5.97 Å². The average Bonchev–Trinajstić information content (AvgIpc) is 2.58. The van der Waals surface area contributed by atoms with Gasteiger partial charge in [-0.1, -0.05) is 13.8 Å². The van der Waals surface area contributed by atoms with E-state index in [2.05, 4.69) is 5.32 Å². The second-order valence-electron chi connectivity index (χ2n) is 5.16. The quantitative estimate of drug-likeness (QED) is 0.713. The molecule has 1 amide bonds. The van der Waals surface area contributed by atoms with Crippen LogP contribution in [0.5, 0.6) is 0 Å². The Morgan fingerprint density at radius 2 is 1.86 bits per heavy atom. The Kier molecular flexibility index (Phi) is 2.34. The third kappa shape index (κ3) is 2.05. The SMILES string of the molecule is CC(C)(NC(=O)C1CC1(C)C)C(=O)O. The summed E-state index contributed by atoms with van der Waals surface area (Å²) in [6, 6.07) is 0. The Morgan fingerprint density at radius 3 is 2.14 bits per heavy atom.